The largest absolute Gasteiger partial charge is 0.466 e. The van der Waals surface area contributed by atoms with Crippen molar-refractivity contribution in [1.29, 1.82) is 0 Å². The van der Waals surface area contributed by atoms with Crippen molar-refractivity contribution in [2.24, 2.45) is 0 Å². The lowest BCUT2D eigenvalue weighted by Crippen LogP contribution is -2.30. The number of hydrogen-bond acceptors (Lipinski definition) is 3. The van der Waals surface area contributed by atoms with E-state index in [2.05, 4.69) is 10.1 Å². The Labute approximate surface area is 113 Å². The van der Waals surface area contributed by atoms with E-state index < -0.39 is 24.6 Å². The topological polar surface area (TPSA) is 60.3 Å². The number of aromatic nitrogens is 1. The van der Waals surface area contributed by atoms with E-state index in [0.717, 1.165) is 4.57 Å². The molecule has 0 aliphatic carbocycles. The van der Waals surface area contributed by atoms with E-state index in [9.17, 15) is 22.8 Å². The summed E-state index contributed by atoms with van der Waals surface area (Å²) in [6.45, 7) is 0.664. The molecule has 0 aromatic carbocycles. The quantitative estimate of drug-likeness (QED) is 0.812. The highest BCUT2D eigenvalue weighted by atomic mass is 19.4. The van der Waals surface area contributed by atoms with Gasteiger partial charge in [-0.15, -0.1) is 0 Å². The molecule has 0 bridgehead atoms. The Morgan fingerprint density at radius 1 is 1.40 bits per heavy atom. The van der Waals surface area contributed by atoms with Crippen LogP contribution in [0.2, 0.25) is 0 Å². The molecule has 0 saturated carbocycles. The van der Waals surface area contributed by atoms with Crippen LogP contribution in [-0.2, 0) is 16.1 Å². The lowest BCUT2D eigenvalue weighted by atomic mass is 10.3. The number of nitrogens with one attached hydrogen (secondary N) is 1. The minimum atomic E-state index is -4.40. The van der Waals surface area contributed by atoms with Gasteiger partial charge < -0.3 is 14.6 Å². The standard InChI is InChI=1S/C12H15F3N2O3/c1-2-20-10(18)5-6-16-11(19)9-4-3-7-17(9)8-12(13,14)15/h3-4,7H,2,5-6,8H2,1H3,(H,16,19). The highest BCUT2D eigenvalue weighted by molar-refractivity contribution is 5.92. The lowest BCUT2D eigenvalue weighted by molar-refractivity contribution is -0.143. The molecule has 1 N–H and O–H groups in total. The second-order valence-electron chi connectivity index (χ2n) is 3.95. The average Bonchev–Trinajstić information content (AvgIpc) is 2.74. The fourth-order valence-corrected chi connectivity index (χ4v) is 1.55. The van der Waals surface area contributed by atoms with Gasteiger partial charge in [-0.1, -0.05) is 0 Å². The van der Waals surface area contributed by atoms with Gasteiger partial charge in [0.1, 0.15) is 12.2 Å². The smallest absolute Gasteiger partial charge is 0.406 e. The molecule has 0 fully saturated rings. The number of halogens is 3. The minimum absolute atomic E-state index is 0.00879. The fourth-order valence-electron chi connectivity index (χ4n) is 1.55. The molecule has 0 unspecified atom stereocenters. The number of hydrogen-bond donors (Lipinski definition) is 1. The third-order valence-electron chi connectivity index (χ3n) is 2.33. The maximum Gasteiger partial charge on any atom is 0.406 e. The summed E-state index contributed by atoms with van der Waals surface area (Å²) in [5.74, 6) is -1.14. The highest BCUT2D eigenvalue weighted by Gasteiger charge is 2.29. The molecule has 8 heteroatoms. The summed E-state index contributed by atoms with van der Waals surface area (Å²) >= 11 is 0. The number of rotatable bonds is 6. The van der Waals surface area contributed by atoms with E-state index in [4.69, 9.17) is 0 Å². The number of nitrogens with zero attached hydrogens (tertiary/aromatic N) is 1. The van der Waals surface area contributed by atoms with Gasteiger partial charge in [-0.05, 0) is 19.1 Å². The maximum absolute atomic E-state index is 12.3. The van der Waals surface area contributed by atoms with Crippen molar-refractivity contribution < 1.29 is 27.5 Å². The monoisotopic (exact) mass is 292 g/mol. The van der Waals surface area contributed by atoms with Gasteiger partial charge in [-0.2, -0.15) is 13.2 Å². The third-order valence-corrected chi connectivity index (χ3v) is 2.33. The van der Waals surface area contributed by atoms with Gasteiger partial charge >= 0.3 is 12.1 Å². The first-order valence-corrected chi connectivity index (χ1v) is 5.99. The Bertz CT molecular complexity index is 469. The molecule has 0 aliphatic heterocycles. The molecular weight excluding hydrogens is 277 g/mol. The van der Waals surface area contributed by atoms with Crippen LogP contribution in [-0.4, -0.2) is 35.8 Å². The van der Waals surface area contributed by atoms with Crippen molar-refractivity contribution in [1.82, 2.24) is 9.88 Å². The van der Waals surface area contributed by atoms with Crippen molar-refractivity contribution in [3.63, 3.8) is 0 Å². The molecule has 0 aliphatic rings. The SMILES string of the molecule is CCOC(=O)CCNC(=O)c1cccn1CC(F)(F)F. The first kappa shape index (κ1) is 16.1. The van der Waals surface area contributed by atoms with Crippen molar-refractivity contribution in [3.05, 3.63) is 24.0 Å². The average molecular weight is 292 g/mol. The molecule has 1 aromatic rings. The zero-order valence-electron chi connectivity index (χ0n) is 10.9. The minimum Gasteiger partial charge on any atom is -0.466 e. The van der Waals surface area contributed by atoms with Crippen molar-refractivity contribution >= 4 is 11.9 Å². The van der Waals surface area contributed by atoms with Gasteiger partial charge in [0.25, 0.3) is 5.91 Å². The molecule has 1 amide bonds. The Morgan fingerprint density at radius 3 is 2.70 bits per heavy atom. The number of alkyl halides is 3. The molecule has 1 heterocycles. The first-order valence-electron chi connectivity index (χ1n) is 5.99. The Kier molecular flexibility index (Phi) is 5.60. The summed E-state index contributed by atoms with van der Waals surface area (Å²) in [7, 11) is 0. The Hall–Kier alpha value is -1.99. The summed E-state index contributed by atoms with van der Waals surface area (Å²) in [6, 6.07) is 2.64. The summed E-state index contributed by atoms with van der Waals surface area (Å²) < 4.78 is 42.3. The van der Waals surface area contributed by atoms with Gasteiger partial charge in [-0.25, -0.2) is 0 Å². The Balaban J connectivity index is 2.52. The van der Waals surface area contributed by atoms with E-state index >= 15 is 0 Å². The van der Waals surface area contributed by atoms with Gasteiger partial charge in [-0.3, -0.25) is 9.59 Å². The van der Waals surface area contributed by atoms with Crippen LogP contribution in [0, 0.1) is 0 Å². The fraction of sp³-hybridized carbons (Fsp3) is 0.500. The molecule has 0 atom stereocenters. The van der Waals surface area contributed by atoms with Crippen LogP contribution in [0.5, 0.6) is 0 Å². The van der Waals surface area contributed by atoms with Crippen molar-refractivity contribution in [3.8, 4) is 0 Å². The molecule has 1 aromatic heterocycles. The van der Waals surface area contributed by atoms with Crippen molar-refractivity contribution in [2.75, 3.05) is 13.2 Å². The van der Waals surface area contributed by atoms with Gasteiger partial charge in [0.2, 0.25) is 0 Å². The summed E-state index contributed by atoms with van der Waals surface area (Å²) in [5.41, 5.74) is -0.105. The summed E-state index contributed by atoms with van der Waals surface area (Å²) in [4.78, 5) is 22.7. The normalized spacial score (nSPS) is 11.2. The Morgan fingerprint density at radius 2 is 2.10 bits per heavy atom. The second-order valence-corrected chi connectivity index (χ2v) is 3.95. The van der Waals surface area contributed by atoms with Gasteiger partial charge in [0.05, 0.1) is 13.0 Å². The number of ether oxygens (including phenoxy) is 1. The van der Waals surface area contributed by atoms with E-state index in [-0.39, 0.29) is 25.3 Å². The molecule has 112 valence electrons. The second kappa shape index (κ2) is 6.97. The van der Waals surface area contributed by atoms with Crippen LogP contribution >= 0.6 is 0 Å². The zero-order valence-corrected chi connectivity index (χ0v) is 10.9. The predicted octanol–water partition coefficient (Wildman–Crippen LogP) is 1.73. The van der Waals surface area contributed by atoms with E-state index in [1.54, 1.807) is 6.92 Å². The highest BCUT2D eigenvalue weighted by Crippen LogP contribution is 2.18. The van der Waals surface area contributed by atoms with Gasteiger partial charge in [0.15, 0.2) is 0 Å². The summed E-state index contributed by atoms with van der Waals surface area (Å²) in [6.07, 6.45) is -3.26. The number of carbonyl (C=O) groups is 2. The number of esters is 1. The van der Waals surface area contributed by atoms with E-state index in [0.29, 0.717) is 0 Å². The van der Waals surface area contributed by atoms with Crippen LogP contribution in [0.3, 0.4) is 0 Å². The molecule has 0 spiro atoms. The zero-order chi connectivity index (χ0) is 15.2. The van der Waals surface area contributed by atoms with Crippen LogP contribution in [0.4, 0.5) is 13.2 Å². The molecular formula is C12H15F3N2O3. The van der Waals surface area contributed by atoms with E-state index in [1.165, 1.54) is 18.3 Å². The summed E-state index contributed by atoms with van der Waals surface area (Å²) in [5, 5.41) is 2.37. The molecule has 0 radical (unpaired) electrons. The molecule has 0 saturated heterocycles. The predicted molar refractivity (Wildman–Crippen MR) is 64.1 cm³/mol. The number of amides is 1. The van der Waals surface area contributed by atoms with Crippen LogP contribution in [0.25, 0.3) is 0 Å². The molecule has 1 rings (SSSR count). The number of carbonyl (C=O) groups excluding carboxylic acids is 2. The third kappa shape index (κ3) is 5.33. The molecule has 5 nitrogen and oxygen atoms in total. The van der Waals surface area contributed by atoms with Crippen LogP contribution < -0.4 is 5.32 Å². The first-order chi connectivity index (χ1) is 9.33. The van der Waals surface area contributed by atoms with E-state index in [1.807, 2.05) is 0 Å². The lowest BCUT2D eigenvalue weighted by Gasteiger charge is -2.11. The van der Waals surface area contributed by atoms with Crippen LogP contribution in [0.1, 0.15) is 23.8 Å². The van der Waals surface area contributed by atoms with Crippen molar-refractivity contribution in [2.45, 2.75) is 26.1 Å². The maximum atomic E-state index is 12.3. The molecule has 20 heavy (non-hydrogen) atoms. The van der Waals surface area contributed by atoms with Crippen LogP contribution in [0.15, 0.2) is 18.3 Å². The van der Waals surface area contributed by atoms with Gasteiger partial charge in [0, 0.05) is 12.7 Å².